The quantitative estimate of drug-likeness (QED) is 0.556. The second-order valence-corrected chi connectivity index (χ2v) is 2.84. The Hall–Kier alpha value is -0.410. The van der Waals surface area contributed by atoms with Crippen molar-refractivity contribution in [3.8, 4) is 0 Å². The zero-order valence-electron chi connectivity index (χ0n) is 5.27. The summed E-state index contributed by atoms with van der Waals surface area (Å²) in [6.45, 7) is 0. The molecular formula is C5H6Cl2N2O. The molecule has 1 unspecified atom stereocenters. The van der Waals surface area contributed by atoms with Crippen LogP contribution in [0.5, 0.6) is 0 Å². The van der Waals surface area contributed by atoms with E-state index in [1.165, 1.54) is 5.01 Å². The summed E-state index contributed by atoms with van der Waals surface area (Å²) in [5.41, 5.74) is 2.46. The minimum absolute atomic E-state index is 0.295. The standard InChI is InChI=1S/C5H6Cl2N2O/c1-9-2-3(6)4(7)5(10)8-9/h2,4H,1H3,(H,8,10). The molecule has 0 saturated heterocycles. The predicted octanol–water partition coefficient (Wildman–Crippen LogP) is 0.651. The van der Waals surface area contributed by atoms with Gasteiger partial charge in [-0.15, -0.1) is 11.6 Å². The number of carbonyl (C=O) groups excluding carboxylic acids is 1. The molecule has 1 heterocycles. The molecule has 3 nitrogen and oxygen atoms in total. The minimum Gasteiger partial charge on any atom is -0.295 e. The van der Waals surface area contributed by atoms with E-state index in [9.17, 15) is 4.79 Å². The van der Waals surface area contributed by atoms with Gasteiger partial charge in [0, 0.05) is 13.2 Å². The van der Waals surface area contributed by atoms with E-state index >= 15 is 0 Å². The van der Waals surface area contributed by atoms with Gasteiger partial charge in [-0.3, -0.25) is 15.2 Å². The van der Waals surface area contributed by atoms with Crippen LogP contribution in [0.25, 0.3) is 0 Å². The third-order valence-electron chi connectivity index (χ3n) is 1.08. The Morgan fingerprint density at radius 1 is 1.80 bits per heavy atom. The van der Waals surface area contributed by atoms with Crippen molar-refractivity contribution in [2.45, 2.75) is 5.38 Å². The van der Waals surface area contributed by atoms with Crippen LogP contribution in [0.2, 0.25) is 0 Å². The van der Waals surface area contributed by atoms with E-state index in [0.717, 1.165) is 0 Å². The highest BCUT2D eigenvalue weighted by molar-refractivity contribution is 6.43. The molecule has 5 heteroatoms. The Kier molecular flexibility index (Phi) is 2.06. The van der Waals surface area contributed by atoms with Crippen LogP contribution in [0, 0.1) is 0 Å². The zero-order valence-corrected chi connectivity index (χ0v) is 6.78. The highest BCUT2D eigenvalue weighted by Gasteiger charge is 2.23. The van der Waals surface area contributed by atoms with Gasteiger partial charge in [0.1, 0.15) is 0 Å². The molecule has 1 atom stereocenters. The Labute approximate surface area is 68.6 Å². The Bertz CT molecular complexity index is 192. The van der Waals surface area contributed by atoms with Gasteiger partial charge in [-0.25, -0.2) is 0 Å². The summed E-state index contributed by atoms with van der Waals surface area (Å²) in [4.78, 5) is 10.8. The van der Waals surface area contributed by atoms with Gasteiger partial charge in [0.2, 0.25) is 0 Å². The van der Waals surface area contributed by atoms with E-state index in [0.29, 0.717) is 5.03 Å². The molecule has 0 aromatic heterocycles. The molecule has 0 radical (unpaired) electrons. The summed E-state index contributed by atoms with van der Waals surface area (Å²) in [5.74, 6) is -0.295. The first kappa shape index (κ1) is 7.69. The van der Waals surface area contributed by atoms with Crippen LogP contribution in [-0.2, 0) is 4.79 Å². The maximum Gasteiger partial charge on any atom is 0.262 e. The van der Waals surface area contributed by atoms with Crippen molar-refractivity contribution < 1.29 is 4.79 Å². The Balaban J connectivity index is 2.81. The monoisotopic (exact) mass is 180 g/mol. The number of nitrogens with zero attached hydrogens (tertiary/aromatic N) is 1. The van der Waals surface area contributed by atoms with Crippen molar-refractivity contribution in [1.29, 1.82) is 0 Å². The molecule has 0 saturated carbocycles. The predicted molar refractivity (Wildman–Crippen MR) is 39.5 cm³/mol. The highest BCUT2D eigenvalue weighted by Crippen LogP contribution is 2.17. The summed E-state index contributed by atoms with van der Waals surface area (Å²) in [6, 6.07) is 0. The van der Waals surface area contributed by atoms with Gasteiger partial charge in [-0.1, -0.05) is 11.6 Å². The molecule has 0 bridgehead atoms. The maximum absolute atomic E-state index is 10.8. The van der Waals surface area contributed by atoms with E-state index in [-0.39, 0.29) is 5.91 Å². The molecule has 1 aliphatic heterocycles. The first-order chi connectivity index (χ1) is 4.61. The number of alkyl halides is 1. The first-order valence-electron chi connectivity index (χ1n) is 2.66. The lowest BCUT2D eigenvalue weighted by Crippen LogP contribution is -2.44. The molecule has 0 fully saturated rings. The van der Waals surface area contributed by atoms with Gasteiger partial charge >= 0.3 is 0 Å². The Morgan fingerprint density at radius 2 is 2.40 bits per heavy atom. The van der Waals surface area contributed by atoms with Crippen molar-refractivity contribution >= 4 is 29.1 Å². The third kappa shape index (κ3) is 1.36. The molecule has 10 heavy (non-hydrogen) atoms. The zero-order chi connectivity index (χ0) is 7.72. The van der Waals surface area contributed by atoms with Gasteiger partial charge in [0.25, 0.3) is 5.91 Å². The summed E-state index contributed by atoms with van der Waals surface area (Å²) in [7, 11) is 1.67. The minimum atomic E-state index is -0.738. The highest BCUT2D eigenvalue weighted by atomic mass is 35.5. The lowest BCUT2D eigenvalue weighted by atomic mass is 10.3. The van der Waals surface area contributed by atoms with E-state index in [4.69, 9.17) is 23.2 Å². The normalized spacial score (nSPS) is 25.9. The van der Waals surface area contributed by atoms with Crippen LogP contribution in [0.1, 0.15) is 0 Å². The Morgan fingerprint density at radius 3 is 2.90 bits per heavy atom. The van der Waals surface area contributed by atoms with Crippen LogP contribution < -0.4 is 5.43 Å². The summed E-state index contributed by atoms with van der Waals surface area (Å²) < 4.78 is 0. The average Bonchev–Trinajstić information content (AvgIpc) is 1.82. The number of hydrazine groups is 1. The van der Waals surface area contributed by atoms with E-state index in [1.807, 2.05) is 0 Å². The van der Waals surface area contributed by atoms with Crippen LogP contribution in [0.4, 0.5) is 0 Å². The smallest absolute Gasteiger partial charge is 0.262 e. The molecule has 0 aromatic rings. The molecule has 1 N–H and O–H groups in total. The lowest BCUT2D eigenvalue weighted by molar-refractivity contribution is -0.123. The largest absolute Gasteiger partial charge is 0.295 e. The number of amides is 1. The van der Waals surface area contributed by atoms with E-state index < -0.39 is 5.38 Å². The second kappa shape index (κ2) is 2.68. The van der Waals surface area contributed by atoms with Gasteiger partial charge in [-0.05, 0) is 0 Å². The average molecular weight is 181 g/mol. The number of carbonyl (C=O) groups is 1. The molecule has 0 spiro atoms. The van der Waals surface area contributed by atoms with Gasteiger partial charge in [0.15, 0.2) is 5.38 Å². The van der Waals surface area contributed by atoms with Crippen molar-refractivity contribution in [3.05, 3.63) is 11.2 Å². The summed E-state index contributed by atoms with van der Waals surface area (Å²) >= 11 is 11.1. The van der Waals surface area contributed by atoms with Crippen LogP contribution >= 0.6 is 23.2 Å². The molecule has 1 amide bonds. The van der Waals surface area contributed by atoms with Crippen molar-refractivity contribution in [2.24, 2.45) is 0 Å². The van der Waals surface area contributed by atoms with Gasteiger partial charge in [-0.2, -0.15) is 0 Å². The molecular weight excluding hydrogens is 175 g/mol. The SMILES string of the molecule is CN1C=C(Cl)C(Cl)C(=O)N1. The molecule has 0 aromatic carbocycles. The fourth-order valence-corrected chi connectivity index (χ4v) is 0.989. The topological polar surface area (TPSA) is 32.3 Å². The van der Waals surface area contributed by atoms with Crippen LogP contribution in [-0.4, -0.2) is 23.3 Å². The van der Waals surface area contributed by atoms with Crippen LogP contribution in [0.15, 0.2) is 11.2 Å². The van der Waals surface area contributed by atoms with Crippen molar-refractivity contribution in [1.82, 2.24) is 10.4 Å². The molecule has 1 aliphatic rings. The molecule has 0 aliphatic carbocycles. The summed E-state index contributed by atoms with van der Waals surface area (Å²) in [6.07, 6.45) is 1.56. The van der Waals surface area contributed by atoms with Gasteiger partial charge in [0.05, 0.1) is 5.03 Å². The second-order valence-electron chi connectivity index (χ2n) is 1.96. The number of hydrogen-bond acceptors (Lipinski definition) is 2. The number of rotatable bonds is 0. The molecule has 1 rings (SSSR count). The first-order valence-corrected chi connectivity index (χ1v) is 3.47. The van der Waals surface area contributed by atoms with Crippen LogP contribution in [0.3, 0.4) is 0 Å². The number of nitrogens with one attached hydrogen (secondary N) is 1. The lowest BCUT2D eigenvalue weighted by Gasteiger charge is -2.23. The fourth-order valence-electron chi connectivity index (χ4n) is 0.638. The number of hydrogen-bond donors (Lipinski definition) is 1. The fraction of sp³-hybridized carbons (Fsp3) is 0.400. The summed E-state index contributed by atoms with van der Waals surface area (Å²) in [5, 5.41) is 1.06. The van der Waals surface area contributed by atoms with E-state index in [1.54, 1.807) is 13.2 Å². The van der Waals surface area contributed by atoms with Crippen molar-refractivity contribution in [3.63, 3.8) is 0 Å². The molecule has 56 valence electrons. The van der Waals surface area contributed by atoms with E-state index in [2.05, 4.69) is 5.43 Å². The third-order valence-corrected chi connectivity index (χ3v) is 1.94. The maximum atomic E-state index is 10.8. The number of halogens is 2. The van der Waals surface area contributed by atoms with Gasteiger partial charge < -0.3 is 0 Å². The van der Waals surface area contributed by atoms with Crippen molar-refractivity contribution in [2.75, 3.05) is 7.05 Å².